The monoisotopic (exact) mass is 274 g/mol. The average Bonchev–Trinajstić information content (AvgIpc) is 2.75. The Balaban J connectivity index is 2.18. The van der Waals surface area contributed by atoms with E-state index in [9.17, 15) is 0 Å². The van der Waals surface area contributed by atoms with Gasteiger partial charge in [0.1, 0.15) is 0 Å². The third kappa shape index (κ3) is 1.64. The van der Waals surface area contributed by atoms with Gasteiger partial charge in [-0.15, -0.1) is 0 Å². The van der Waals surface area contributed by atoms with Crippen LogP contribution >= 0.6 is 0 Å². The van der Waals surface area contributed by atoms with Gasteiger partial charge in [-0.2, -0.15) is 0 Å². The predicted molar refractivity (Wildman–Crippen MR) is 68.5 cm³/mol. The number of rotatable bonds is 1. The summed E-state index contributed by atoms with van der Waals surface area (Å²) in [6, 6.07) is 14.7. The van der Waals surface area contributed by atoms with Gasteiger partial charge in [-0.25, -0.2) is 0 Å². The van der Waals surface area contributed by atoms with Crippen molar-refractivity contribution in [2.75, 3.05) is 5.73 Å². The summed E-state index contributed by atoms with van der Waals surface area (Å²) in [5.41, 5.74) is 7.87. The van der Waals surface area contributed by atoms with E-state index in [0.29, 0.717) is 0 Å². The van der Waals surface area contributed by atoms with Crippen LogP contribution in [0.1, 0.15) is 0 Å². The molecule has 3 rings (SSSR count). The maximum absolute atomic E-state index is 5.70. The van der Waals surface area contributed by atoms with E-state index in [4.69, 9.17) is 5.73 Å². The van der Waals surface area contributed by atoms with Gasteiger partial charge in [0.25, 0.3) is 0 Å². The van der Waals surface area contributed by atoms with Crippen LogP contribution in [0.5, 0.6) is 0 Å². The fourth-order valence-electron chi connectivity index (χ4n) is 1.77. The third-order valence-corrected chi connectivity index (χ3v) is 3.98. The Morgan fingerprint density at radius 2 is 1.81 bits per heavy atom. The molecule has 3 heteroatoms. The van der Waals surface area contributed by atoms with Crippen LogP contribution in [0, 0.1) is 0 Å². The van der Waals surface area contributed by atoms with Gasteiger partial charge in [0, 0.05) is 0 Å². The van der Waals surface area contributed by atoms with Crippen LogP contribution in [0.15, 0.2) is 47.4 Å². The molecule has 0 unspecified atom stereocenters. The zero-order valence-corrected chi connectivity index (χ0v) is 10.3. The number of aromatic nitrogens is 1. The van der Waals surface area contributed by atoms with E-state index in [1.54, 1.807) is 0 Å². The summed E-state index contributed by atoms with van der Waals surface area (Å²) in [5.74, 6) is 0. The summed E-state index contributed by atoms with van der Waals surface area (Å²) in [7, 11) is 0. The molecular weight excluding hydrogens is 263 g/mol. The molecule has 78 valence electrons. The molecule has 0 radical (unpaired) electrons. The molecule has 2 N–H and O–H groups in total. The van der Waals surface area contributed by atoms with E-state index >= 15 is 0 Å². The first-order valence-corrected chi connectivity index (χ1v) is 6.88. The van der Waals surface area contributed by atoms with Crippen molar-refractivity contribution in [2.24, 2.45) is 0 Å². The standard InChI is InChI=1S/C13H10N2Se/c14-13-15-12(8-16-13)11-6-5-9-3-1-2-4-10(9)7-11/h1-8H,(H2,14,15). The Hall–Kier alpha value is -1.57. The Labute approximate surface area is 99.5 Å². The number of nitrogens with zero attached hydrogens (tertiary/aromatic N) is 1. The molecule has 0 spiro atoms. The topological polar surface area (TPSA) is 38.9 Å². The molecule has 0 amide bonds. The molecule has 1 heterocycles. The molecule has 2 aromatic carbocycles. The Kier molecular flexibility index (Phi) is 2.28. The molecule has 0 aliphatic rings. The van der Waals surface area contributed by atoms with Crippen molar-refractivity contribution in [2.45, 2.75) is 0 Å². The minimum atomic E-state index is 0.237. The van der Waals surface area contributed by atoms with Crippen molar-refractivity contribution in [1.82, 2.24) is 4.98 Å². The second kappa shape index (κ2) is 3.78. The van der Waals surface area contributed by atoms with Crippen molar-refractivity contribution in [3.05, 3.63) is 47.4 Å². The Morgan fingerprint density at radius 1 is 1.00 bits per heavy atom. The molecule has 1 aromatic heterocycles. The molecule has 0 fully saturated rings. The van der Waals surface area contributed by atoms with Crippen LogP contribution in [-0.4, -0.2) is 19.5 Å². The van der Waals surface area contributed by atoms with Gasteiger partial charge in [0.05, 0.1) is 0 Å². The zero-order valence-electron chi connectivity index (χ0n) is 8.55. The third-order valence-electron chi connectivity index (χ3n) is 2.57. The molecule has 0 aliphatic carbocycles. The Bertz CT molecular complexity index is 643. The molecular formula is C13H10N2Se. The zero-order chi connectivity index (χ0) is 11.0. The summed E-state index contributed by atoms with van der Waals surface area (Å²) < 4.78 is 0.760. The molecule has 0 bridgehead atoms. The van der Waals surface area contributed by atoms with E-state index in [1.807, 2.05) is 0 Å². The van der Waals surface area contributed by atoms with E-state index in [0.717, 1.165) is 15.9 Å². The first-order valence-electron chi connectivity index (χ1n) is 5.03. The number of anilines is 1. The SMILES string of the molecule is Nc1nc(-c2ccc3ccccc3c2)c[se]1. The maximum atomic E-state index is 5.70. The number of nitrogens with two attached hydrogens (primary N) is 1. The molecule has 16 heavy (non-hydrogen) atoms. The van der Waals surface area contributed by atoms with Gasteiger partial charge < -0.3 is 0 Å². The summed E-state index contributed by atoms with van der Waals surface area (Å²) in [6.07, 6.45) is 0. The second-order valence-electron chi connectivity index (χ2n) is 3.63. The number of hydrogen-bond donors (Lipinski definition) is 1. The van der Waals surface area contributed by atoms with Crippen molar-refractivity contribution < 1.29 is 0 Å². The molecule has 0 saturated heterocycles. The van der Waals surface area contributed by atoms with E-state index in [2.05, 4.69) is 52.4 Å². The van der Waals surface area contributed by atoms with Crippen molar-refractivity contribution in [1.29, 1.82) is 0 Å². The van der Waals surface area contributed by atoms with Gasteiger partial charge in [-0.05, 0) is 0 Å². The van der Waals surface area contributed by atoms with E-state index in [1.165, 1.54) is 10.8 Å². The predicted octanol–water partition coefficient (Wildman–Crippen LogP) is 2.54. The molecule has 2 nitrogen and oxygen atoms in total. The number of nitrogen functional groups attached to an aromatic ring is 1. The summed E-state index contributed by atoms with van der Waals surface area (Å²) >= 11 is 0.237. The van der Waals surface area contributed by atoms with Crippen LogP contribution in [0.3, 0.4) is 0 Å². The molecule has 0 saturated carbocycles. The van der Waals surface area contributed by atoms with Gasteiger partial charge >= 0.3 is 99.3 Å². The van der Waals surface area contributed by atoms with Gasteiger partial charge in [-0.3, -0.25) is 0 Å². The van der Waals surface area contributed by atoms with Gasteiger partial charge in [0.2, 0.25) is 0 Å². The van der Waals surface area contributed by atoms with E-state index < -0.39 is 0 Å². The first kappa shape index (κ1) is 9.64. The number of hydrogen-bond acceptors (Lipinski definition) is 2. The average molecular weight is 273 g/mol. The van der Waals surface area contributed by atoms with Crippen LogP contribution in [-0.2, 0) is 0 Å². The first-order chi connectivity index (χ1) is 7.83. The number of benzene rings is 2. The normalized spacial score (nSPS) is 10.8. The Morgan fingerprint density at radius 3 is 2.56 bits per heavy atom. The van der Waals surface area contributed by atoms with Crippen molar-refractivity contribution in [3.63, 3.8) is 0 Å². The van der Waals surface area contributed by atoms with Gasteiger partial charge in [0.15, 0.2) is 0 Å². The van der Waals surface area contributed by atoms with E-state index in [-0.39, 0.29) is 14.5 Å². The second-order valence-corrected chi connectivity index (χ2v) is 5.50. The fourth-order valence-corrected chi connectivity index (χ4v) is 2.97. The fraction of sp³-hybridized carbons (Fsp3) is 0. The molecule has 0 atom stereocenters. The van der Waals surface area contributed by atoms with Crippen molar-refractivity contribution in [3.8, 4) is 11.3 Å². The van der Waals surface area contributed by atoms with Crippen LogP contribution in [0.4, 0.5) is 4.69 Å². The molecule has 0 aliphatic heterocycles. The van der Waals surface area contributed by atoms with Crippen molar-refractivity contribution >= 4 is 30.0 Å². The molecule has 3 aromatic rings. The van der Waals surface area contributed by atoms with Crippen LogP contribution in [0.25, 0.3) is 22.0 Å². The quantitative estimate of drug-likeness (QED) is 0.692. The summed E-state index contributed by atoms with van der Waals surface area (Å²) in [5, 5.41) is 2.50. The summed E-state index contributed by atoms with van der Waals surface area (Å²) in [4.78, 5) is 6.48. The number of fused-ring (bicyclic) bond motifs is 1. The van der Waals surface area contributed by atoms with Gasteiger partial charge in [-0.1, -0.05) is 0 Å². The minimum absolute atomic E-state index is 0.237. The van der Waals surface area contributed by atoms with Crippen LogP contribution < -0.4 is 5.73 Å². The van der Waals surface area contributed by atoms with Crippen LogP contribution in [0.2, 0.25) is 0 Å². The summed E-state index contributed by atoms with van der Waals surface area (Å²) in [6.45, 7) is 0.